The average Bonchev–Trinajstić information content (AvgIpc) is 3.48. The van der Waals surface area contributed by atoms with Crippen LogP contribution in [0.15, 0.2) is 48.8 Å². The van der Waals surface area contributed by atoms with Crippen LogP contribution in [-0.4, -0.2) is 37.1 Å². The third-order valence-electron chi connectivity index (χ3n) is 6.26. The van der Waals surface area contributed by atoms with Gasteiger partial charge in [-0.1, -0.05) is 12.0 Å². The van der Waals surface area contributed by atoms with Crippen molar-refractivity contribution in [3.63, 3.8) is 0 Å². The number of amides is 1. The maximum Gasteiger partial charge on any atom is 0.254 e. The first-order chi connectivity index (χ1) is 16.8. The minimum atomic E-state index is -2.63. The summed E-state index contributed by atoms with van der Waals surface area (Å²) < 4.78 is 34.1. The van der Waals surface area contributed by atoms with E-state index in [2.05, 4.69) is 11.0 Å². The molecule has 7 nitrogen and oxygen atoms in total. The van der Waals surface area contributed by atoms with Gasteiger partial charge in [-0.05, 0) is 24.3 Å². The smallest absolute Gasteiger partial charge is 0.254 e. The molecule has 2 atom stereocenters. The number of rotatable bonds is 3. The highest BCUT2D eigenvalue weighted by molar-refractivity contribution is 5.97. The van der Waals surface area contributed by atoms with E-state index in [1.54, 1.807) is 29.1 Å². The maximum atomic E-state index is 13.5. The zero-order chi connectivity index (χ0) is 24.5. The number of aryl methyl sites for hydroxylation is 1. The Labute approximate surface area is 189 Å². The molecular formula is C25H21N5O2. The number of terminal acetylenes is 1. The highest BCUT2D eigenvalue weighted by Crippen LogP contribution is 2.48. The summed E-state index contributed by atoms with van der Waals surface area (Å²) in [5.74, 6) is 3.32. The van der Waals surface area contributed by atoms with Crippen LogP contribution >= 0.6 is 0 Å². The number of aromatic nitrogens is 4. The zero-order valence-corrected chi connectivity index (χ0v) is 17.3. The van der Waals surface area contributed by atoms with Gasteiger partial charge >= 0.3 is 0 Å². The summed E-state index contributed by atoms with van der Waals surface area (Å²) in [5, 5.41) is 4.16. The van der Waals surface area contributed by atoms with E-state index in [-0.39, 0.29) is 6.04 Å². The van der Waals surface area contributed by atoms with Crippen LogP contribution in [0.4, 0.5) is 0 Å². The Kier molecular flexibility index (Phi) is 3.30. The Hall–Kier alpha value is -4.05. The summed E-state index contributed by atoms with van der Waals surface area (Å²) in [6, 6.07) is 9.68. The van der Waals surface area contributed by atoms with Crippen molar-refractivity contribution in [2.45, 2.75) is 25.1 Å². The van der Waals surface area contributed by atoms with Crippen LogP contribution in [0.1, 0.15) is 55.5 Å². The van der Waals surface area contributed by atoms with Crippen molar-refractivity contribution in [3.05, 3.63) is 76.9 Å². The fraction of sp³-hybridized carbons (Fsp3) is 0.240. The van der Waals surface area contributed by atoms with Crippen LogP contribution in [0.5, 0.6) is 5.75 Å². The van der Waals surface area contributed by atoms with Gasteiger partial charge in [0.2, 0.25) is 0 Å². The lowest BCUT2D eigenvalue weighted by Gasteiger charge is -2.24. The van der Waals surface area contributed by atoms with Crippen molar-refractivity contribution < 1.29 is 13.6 Å². The normalized spacial score (nSPS) is 20.7. The Morgan fingerprint density at radius 3 is 3.00 bits per heavy atom. The van der Waals surface area contributed by atoms with Crippen molar-refractivity contribution in [1.29, 1.82) is 0 Å². The van der Waals surface area contributed by atoms with Crippen LogP contribution in [0.2, 0.25) is 0 Å². The van der Waals surface area contributed by atoms with Gasteiger partial charge in [0.15, 0.2) is 0 Å². The molecule has 0 saturated heterocycles. The fourth-order valence-corrected chi connectivity index (χ4v) is 4.85. The second-order valence-electron chi connectivity index (χ2n) is 8.16. The first kappa shape index (κ1) is 15.7. The highest BCUT2D eigenvalue weighted by Gasteiger charge is 2.44. The summed E-state index contributed by atoms with van der Waals surface area (Å²) in [6.07, 6.45) is 9.84. The summed E-state index contributed by atoms with van der Waals surface area (Å²) in [7, 11) is 1.85. The molecule has 0 N–H and O–H groups in total. The molecule has 0 radical (unpaired) electrons. The molecule has 6 rings (SSSR count). The molecule has 1 amide bonds. The van der Waals surface area contributed by atoms with Gasteiger partial charge in [-0.3, -0.25) is 9.48 Å². The van der Waals surface area contributed by atoms with Gasteiger partial charge in [-0.25, -0.2) is 4.98 Å². The second-order valence-corrected chi connectivity index (χ2v) is 8.16. The second kappa shape index (κ2) is 6.72. The lowest BCUT2D eigenvalue weighted by atomic mass is 9.94. The number of carbonyl (C=O) groups excluding carboxylic acids is 1. The van der Waals surface area contributed by atoms with E-state index in [0.29, 0.717) is 46.8 Å². The van der Waals surface area contributed by atoms with Gasteiger partial charge in [0.05, 0.1) is 29.3 Å². The number of ether oxygens (including phenoxy) is 1. The van der Waals surface area contributed by atoms with Crippen molar-refractivity contribution >= 4 is 16.9 Å². The Balaban J connectivity index is 1.51. The predicted octanol–water partition coefficient (Wildman–Crippen LogP) is 3.45. The molecule has 7 heteroatoms. The van der Waals surface area contributed by atoms with Crippen molar-refractivity contribution in [2.75, 3.05) is 6.98 Å². The molecule has 0 fully saturated rings. The van der Waals surface area contributed by atoms with E-state index in [9.17, 15) is 4.79 Å². The third-order valence-corrected chi connectivity index (χ3v) is 6.26. The quantitative estimate of drug-likeness (QED) is 0.471. The van der Waals surface area contributed by atoms with Crippen LogP contribution < -0.4 is 4.74 Å². The summed E-state index contributed by atoms with van der Waals surface area (Å²) in [6.45, 7) is -2.27. The molecule has 4 aromatic rings. The van der Waals surface area contributed by atoms with Gasteiger partial charge in [0.1, 0.15) is 18.2 Å². The maximum absolute atomic E-state index is 13.5. The predicted molar refractivity (Wildman–Crippen MR) is 119 cm³/mol. The van der Waals surface area contributed by atoms with Crippen LogP contribution in [0.3, 0.4) is 0 Å². The molecule has 2 aromatic carbocycles. The van der Waals surface area contributed by atoms with Crippen LogP contribution in [0.25, 0.3) is 11.0 Å². The van der Waals surface area contributed by atoms with Gasteiger partial charge in [0, 0.05) is 59.1 Å². The zero-order valence-electron chi connectivity index (χ0n) is 20.3. The topological polar surface area (TPSA) is 65.2 Å². The first-order valence-corrected chi connectivity index (χ1v) is 10.3. The highest BCUT2D eigenvalue weighted by atomic mass is 16.5. The molecule has 2 bridgehead atoms. The molecule has 0 unspecified atom stereocenters. The number of hydrogen-bond donors (Lipinski definition) is 0. The SMILES string of the molecule is [2H]C([2H])([2H])N1C(=O)c2cccc(C#C)c2[C@H]2C[C@@H]1c1nc3ccc(OCc4cnn(C)c4)cc3n12. The molecular weight excluding hydrogens is 402 g/mol. The Morgan fingerprint density at radius 2 is 2.22 bits per heavy atom. The number of fused-ring (bicyclic) bond motifs is 9. The third kappa shape index (κ3) is 2.59. The van der Waals surface area contributed by atoms with E-state index in [0.717, 1.165) is 16.0 Å². The largest absolute Gasteiger partial charge is 0.489 e. The molecule has 0 spiro atoms. The molecule has 4 heterocycles. The minimum Gasteiger partial charge on any atom is -0.489 e. The number of benzene rings is 2. The van der Waals surface area contributed by atoms with Crippen molar-refractivity contribution in [2.24, 2.45) is 7.05 Å². The lowest BCUT2D eigenvalue weighted by molar-refractivity contribution is 0.0734. The molecule has 32 heavy (non-hydrogen) atoms. The van der Waals surface area contributed by atoms with Gasteiger partial charge < -0.3 is 14.2 Å². The molecule has 0 aliphatic carbocycles. The van der Waals surface area contributed by atoms with Crippen molar-refractivity contribution in [1.82, 2.24) is 24.2 Å². The van der Waals surface area contributed by atoms with E-state index in [1.165, 1.54) is 0 Å². The van der Waals surface area contributed by atoms with Crippen LogP contribution in [0, 0.1) is 12.3 Å². The van der Waals surface area contributed by atoms with Gasteiger partial charge in [0.25, 0.3) is 5.91 Å². The van der Waals surface area contributed by atoms with Gasteiger partial charge in [-0.2, -0.15) is 5.10 Å². The van der Waals surface area contributed by atoms with E-state index in [4.69, 9.17) is 20.3 Å². The van der Waals surface area contributed by atoms with E-state index < -0.39 is 18.9 Å². The first-order valence-electron chi connectivity index (χ1n) is 11.8. The van der Waals surface area contributed by atoms with E-state index >= 15 is 0 Å². The number of carbonyl (C=O) groups is 1. The Morgan fingerprint density at radius 1 is 1.31 bits per heavy atom. The number of hydrogen-bond acceptors (Lipinski definition) is 4. The number of imidazole rings is 1. The van der Waals surface area contributed by atoms with E-state index in [1.807, 2.05) is 36.0 Å². The molecule has 2 aromatic heterocycles. The molecule has 2 aliphatic rings. The summed E-state index contributed by atoms with van der Waals surface area (Å²) in [5.41, 5.74) is 4.00. The van der Waals surface area contributed by atoms with Crippen molar-refractivity contribution in [3.8, 4) is 18.1 Å². The monoisotopic (exact) mass is 426 g/mol. The summed E-state index contributed by atoms with van der Waals surface area (Å²) >= 11 is 0. The lowest BCUT2D eigenvalue weighted by Crippen LogP contribution is -2.30. The standard InChI is InChI=1S/C25H21N5O2/c1-4-16-6-5-7-18-23(16)21-11-22(29(3)25(18)31)24-27-19-9-8-17(10-20(19)30(21)24)32-14-15-12-26-28(2)13-15/h1,5-10,12-13,21-22H,11,14H2,2-3H3/t21-,22-/m1/s1/i3D3. The average molecular weight is 426 g/mol. The molecule has 158 valence electrons. The number of nitrogens with zero attached hydrogens (tertiary/aromatic N) is 5. The molecule has 0 saturated carbocycles. The minimum absolute atomic E-state index is 0.320. The summed E-state index contributed by atoms with van der Waals surface area (Å²) in [4.78, 5) is 19.2. The Bertz CT molecular complexity index is 1540. The fourth-order valence-electron chi connectivity index (χ4n) is 4.85. The molecule has 2 aliphatic heterocycles. The van der Waals surface area contributed by atoms with Gasteiger partial charge in [-0.15, -0.1) is 6.42 Å². The van der Waals surface area contributed by atoms with Crippen LogP contribution in [-0.2, 0) is 13.7 Å².